The van der Waals surface area contributed by atoms with Crippen LogP contribution in [0.15, 0.2) is 11.6 Å². The molecule has 5 aliphatic rings. The van der Waals surface area contributed by atoms with Crippen molar-refractivity contribution in [2.45, 2.75) is 83.0 Å². The minimum Gasteiger partial charge on any atom is -0.458 e. The maximum absolute atomic E-state index is 12.1. The average molecular weight is 391 g/mol. The van der Waals surface area contributed by atoms with Crippen molar-refractivity contribution in [2.24, 2.45) is 34.5 Å². The Morgan fingerprint density at radius 2 is 1.82 bits per heavy atom. The first-order valence-corrected chi connectivity index (χ1v) is 11.2. The summed E-state index contributed by atoms with van der Waals surface area (Å²) in [7, 11) is 0. The Bertz CT molecular complexity index is 718. The lowest BCUT2D eigenvalue weighted by Crippen LogP contribution is -2.67. The Balaban J connectivity index is 1.51. The molecule has 5 heteroatoms. The summed E-state index contributed by atoms with van der Waals surface area (Å²) in [5.74, 6) is 0.657. The molecule has 0 aromatic heterocycles. The Hall–Kier alpha value is -0.910. The molecule has 0 spiro atoms. The fourth-order valence-electron chi connectivity index (χ4n) is 8.37. The van der Waals surface area contributed by atoms with Gasteiger partial charge in [-0.15, -0.1) is 0 Å². The van der Waals surface area contributed by atoms with Gasteiger partial charge in [0.05, 0.1) is 17.8 Å². The van der Waals surface area contributed by atoms with Crippen molar-refractivity contribution in [1.29, 1.82) is 0 Å². The summed E-state index contributed by atoms with van der Waals surface area (Å²) in [4.78, 5) is 11.6. The van der Waals surface area contributed by atoms with Crippen molar-refractivity contribution in [2.75, 3.05) is 6.61 Å². The molecule has 5 nitrogen and oxygen atoms in total. The first kappa shape index (κ1) is 19.1. The molecular weight excluding hydrogens is 356 g/mol. The SMILES string of the molecule is C[C@]12CC[C@H](O)C[C@H]1CCC1[C@@H]2C[C@@H](O)[C@]2(C)[C@@H](C3=CC(=O)OC3)CC[C@]12O. The van der Waals surface area contributed by atoms with Crippen LogP contribution >= 0.6 is 0 Å². The summed E-state index contributed by atoms with van der Waals surface area (Å²) in [5, 5.41) is 33.7. The molecule has 9 atom stereocenters. The lowest BCUT2D eigenvalue weighted by molar-refractivity contribution is -0.244. The van der Waals surface area contributed by atoms with Crippen molar-refractivity contribution in [3.63, 3.8) is 0 Å². The molecule has 5 rings (SSSR count). The van der Waals surface area contributed by atoms with Crippen molar-refractivity contribution in [3.05, 3.63) is 11.6 Å². The summed E-state index contributed by atoms with van der Waals surface area (Å²) in [6.07, 6.45) is 7.69. The third-order valence-corrected chi connectivity index (χ3v) is 10.0. The van der Waals surface area contributed by atoms with E-state index in [1.807, 2.05) is 6.92 Å². The molecule has 28 heavy (non-hydrogen) atoms. The molecule has 0 aromatic carbocycles. The fraction of sp³-hybridized carbons (Fsp3) is 0.870. The van der Waals surface area contributed by atoms with E-state index in [2.05, 4.69) is 6.92 Å². The van der Waals surface area contributed by atoms with E-state index in [-0.39, 0.29) is 29.3 Å². The number of fused-ring (bicyclic) bond motifs is 5. The van der Waals surface area contributed by atoms with E-state index >= 15 is 0 Å². The lowest BCUT2D eigenvalue weighted by Gasteiger charge is -2.64. The standard InChI is InChI=1S/C23H34O5/c1-21-7-5-15(24)10-14(21)3-4-17-18(21)11-19(25)22(2)16(6-8-23(17,22)27)13-9-20(26)28-12-13/h9,14-19,24-25,27H,3-8,10-12H2,1-2H3/t14-,15+,16-,17?,18+,19-,21+,22+,23+/m1/s1. The number of carbonyl (C=O) groups is 1. The maximum Gasteiger partial charge on any atom is 0.331 e. The number of esters is 1. The Kier molecular flexibility index (Phi) is 4.12. The summed E-state index contributed by atoms with van der Waals surface area (Å²) < 4.78 is 5.16. The van der Waals surface area contributed by atoms with Crippen LogP contribution in [0.25, 0.3) is 0 Å². The molecule has 3 N–H and O–H groups in total. The van der Waals surface area contributed by atoms with Gasteiger partial charge in [-0.1, -0.05) is 13.8 Å². The number of hydrogen-bond acceptors (Lipinski definition) is 5. The van der Waals surface area contributed by atoms with Crippen LogP contribution in [0.1, 0.15) is 65.2 Å². The third-order valence-electron chi connectivity index (χ3n) is 10.0. The molecule has 4 fully saturated rings. The van der Waals surface area contributed by atoms with Crippen molar-refractivity contribution < 1.29 is 24.9 Å². The zero-order chi connectivity index (χ0) is 19.9. The van der Waals surface area contributed by atoms with Crippen molar-refractivity contribution in [1.82, 2.24) is 0 Å². The molecule has 4 aliphatic carbocycles. The molecule has 0 amide bonds. The Morgan fingerprint density at radius 3 is 2.54 bits per heavy atom. The normalized spacial score (nSPS) is 55.8. The van der Waals surface area contributed by atoms with Gasteiger partial charge in [-0.25, -0.2) is 4.79 Å². The van der Waals surface area contributed by atoms with Gasteiger partial charge in [0.1, 0.15) is 6.61 Å². The van der Waals surface area contributed by atoms with Crippen LogP contribution in [-0.2, 0) is 9.53 Å². The second kappa shape index (κ2) is 6.05. The van der Waals surface area contributed by atoms with Crippen LogP contribution in [0.5, 0.6) is 0 Å². The lowest BCUT2D eigenvalue weighted by atomic mass is 9.42. The van der Waals surface area contributed by atoms with Crippen molar-refractivity contribution in [3.8, 4) is 0 Å². The highest BCUT2D eigenvalue weighted by atomic mass is 16.5. The molecular formula is C23H34O5. The highest BCUT2D eigenvalue weighted by molar-refractivity contribution is 5.85. The quantitative estimate of drug-likeness (QED) is 0.599. The molecule has 156 valence electrons. The van der Waals surface area contributed by atoms with Gasteiger partial charge in [0.2, 0.25) is 0 Å². The topological polar surface area (TPSA) is 87.0 Å². The van der Waals surface area contributed by atoms with Gasteiger partial charge < -0.3 is 20.1 Å². The number of carbonyl (C=O) groups excluding carboxylic acids is 1. The Morgan fingerprint density at radius 1 is 1.04 bits per heavy atom. The predicted molar refractivity (Wildman–Crippen MR) is 103 cm³/mol. The third kappa shape index (κ3) is 2.27. The minimum absolute atomic E-state index is 0.00129. The van der Waals surface area contributed by atoms with Crippen LogP contribution in [0.3, 0.4) is 0 Å². The van der Waals surface area contributed by atoms with E-state index in [1.54, 1.807) is 6.08 Å². The highest BCUT2D eigenvalue weighted by Gasteiger charge is 2.70. The average Bonchev–Trinajstić information content (AvgIpc) is 3.19. The van der Waals surface area contributed by atoms with E-state index in [0.717, 1.165) is 44.1 Å². The molecule has 0 saturated heterocycles. The number of aliphatic hydroxyl groups is 3. The second-order valence-electron chi connectivity index (χ2n) is 10.8. The Labute approximate surface area is 167 Å². The van der Waals surface area contributed by atoms with Crippen LogP contribution < -0.4 is 0 Å². The first-order valence-electron chi connectivity index (χ1n) is 11.2. The number of rotatable bonds is 1. The van der Waals surface area contributed by atoms with Gasteiger partial charge in [-0.3, -0.25) is 0 Å². The monoisotopic (exact) mass is 390 g/mol. The van der Waals surface area contributed by atoms with E-state index in [9.17, 15) is 20.1 Å². The minimum atomic E-state index is -0.906. The van der Waals surface area contributed by atoms with E-state index in [0.29, 0.717) is 31.3 Å². The molecule has 0 radical (unpaired) electrons. The summed E-state index contributed by atoms with van der Waals surface area (Å²) in [5.41, 5.74) is -0.507. The molecule has 1 unspecified atom stereocenters. The van der Waals surface area contributed by atoms with Crippen LogP contribution in [0, 0.1) is 34.5 Å². The van der Waals surface area contributed by atoms with Gasteiger partial charge in [-0.2, -0.15) is 0 Å². The van der Waals surface area contributed by atoms with Crippen LogP contribution in [0.4, 0.5) is 0 Å². The van der Waals surface area contributed by atoms with Gasteiger partial charge in [0.15, 0.2) is 0 Å². The molecule has 0 aromatic rings. The van der Waals surface area contributed by atoms with Crippen molar-refractivity contribution >= 4 is 5.97 Å². The number of hydrogen-bond donors (Lipinski definition) is 3. The molecule has 4 saturated carbocycles. The largest absolute Gasteiger partial charge is 0.458 e. The second-order valence-corrected chi connectivity index (χ2v) is 10.8. The molecule has 0 bridgehead atoms. The van der Waals surface area contributed by atoms with Gasteiger partial charge >= 0.3 is 5.97 Å². The van der Waals surface area contributed by atoms with E-state index < -0.39 is 17.1 Å². The van der Waals surface area contributed by atoms with Crippen LogP contribution in [-0.4, -0.2) is 45.7 Å². The fourth-order valence-corrected chi connectivity index (χ4v) is 8.37. The number of cyclic esters (lactones) is 1. The number of ether oxygens (including phenoxy) is 1. The zero-order valence-electron chi connectivity index (χ0n) is 17.1. The molecule has 1 heterocycles. The summed E-state index contributed by atoms with van der Waals surface area (Å²) in [6, 6.07) is 0. The van der Waals surface area contributed by atoms with Gasteiger partial charge in [0, 0.05) is 11.5 Å². The maximum atomic E-state index is 12.1. The predicted octanol–water partition coefficient (Wildman–Crippen LogP) is 2.58. The van der Waals surface area contributed by atoms with E-state index in [4.69, 9.17) is 4.74 Å². The van der Waals surface area contributed by atoms with Gasteiger partial charge in [-0.05, 0) is 86.0 Å². The summed E-state index contributed by atoms with van der Waals surface area (Å²) in [6.45, 7) is 4.69. The highest BCUT2D eigenvalue weighted by Crippen LogP contribution is 2.69. The van der Waals surface area contributed by atoms with Crippen LogP contribution in [0.2, 0.25) is 0 Å². The molecule has 1 aliphatic heterocycles. The first-order chi connectivity index (χ1) is 13.2. The summed E-state index contributed by atoms with van der Waals surface area (Å²) >= 11 is 0. The van der Waals surface area contributed by atoms with E-state index in [1.165, 1.54) is 0 Å². The smallest absolute Gasteiger partial charge is 0.331 e. The van der Waals surface area contributed by atoms with Gasteiger partial charge in [0.25, 0.3) is 0 Å². The number of aliphatic hydroxyl groups excluding tert-OH is 2. The zero-order valence-corrected chi connectivity index (χ0v) is 17.1.